The second-order valence-corrected chi connectivity index (χ2v) is 7.18. The minimum Gasteiger partial charge on any atom is -0.327 e. The summed E-state index contributed by atoms with van der Waals surface area (Å²) in [6.07, 6.45) is 13.1. The predicted octanol–water partition coefficient (Wildman–Crippen LogP) is 6.90. The molecule has 0 fully saturated rings. The van der Waals surface area contributed by atoms with Gasteiger partial charge in [0.15, 0.2) is 0 Å². The fourth-order valence-electron chi connectivity index (χ4n) is 3.13. The van der Waals surface area contributed by atoms with Gasteiger partial charge < -0.3 is 5.73 Å². The zero-order valence-electron chi connectivity index (χ0n) is 17.7. The van der Waals surface area contributed by atoms with Crippen molar-refractivity contribution in [3.05, 3.63) is 107 Å². The van der Waals surface area contributed by atoms with E-state index in [1.54, 1.807) is 0 Å². The molecule has 2 rings (SSSR count). The lowest BCUT2D eigenvalue weighted by Crippen LogP contribution is -2.00. The first-order valence-electron chi connectivity index (χ1n) is 10.1. The van der Waals surface area contributed by atoms with Crippen LogP contribution in [0.25, 0.3) is 11.1 Å². The summed E-state index contributed by atoms with van der Waals surface area (Å²) in [4.78, 5) is 0. The van der Waals surface area contributed by atoms with Gasteiger partial charge in [0.05, 0.1) is 0 Å². The van der Waals surface area contributed by atoms with Gasteiger partial charge in [-0.2, -0.15) is 0 Å². The Kier molecular flexibility index (Phi) is 8.71. The molecule has 0 aliphatic rings. The molecule has 0 unspecified atom stereocenters. The van der Waals surface area contributed by atoms with E-state index in [0.717, 1.165) is 12.8 Å². The van der Waals surface area contributed by atoms with E-state index in [2.05, 4.69) is 107 Å². The molecule has 0 heterocycles. The molecular weight excluding hydrogens is 338 g/mol. The van der Waals surface area contributed by atoms with Gasteiger partial charge in [-0.15, -0.1) is 0 Å². The van der Waals surface area contributed by atoms with Crippen LogP contribution in [0.4, 0.5) is 0 Å². The van der Waals surface area contributed by atoms with Gasteiger partial charge in [-0.3, -0.25) is 0 Å². The average Bonchev–Trinajstić information content (AvgIpc) is 2.72. The maximum Gasteiger partial charge on any atom is 0.0137 e. The van der Waals surface area contributed by atoms with Gasteiger partial charge in [-0.1, -0.05) is 90.9 Å². The van der Waals surface area contributed by atoms with E-state index in [-0.39, 0.29) is 0 Å². The highest BCUT2D eigenvalue weighted by Gasteiger charge is 2.04. The molecule has 146 valence electrons. The Morgan fingerprint density at radius 2 is 1.71 bits per heavy atom. The minimum absolute atomic E-state index is 0.581. The van der Waals surface area contributed by atoms with Crippen molar-refractivity contribution in [2.24, 2.45) is 5.73 Å². The fraction of sp³-hybridized carbons (Fsp3) is 0.259. The van der Waals surface area contributed by atoms with Crippen LogP contribution in [0, 0.1) is 6.92 Å². The van der Waals surface area contributed by atoms with Gasteiger partial charge in [-0.05, 0) is 67.5 Å². The Labute approximate surface area is 171 Å². The topological polar surface area (TPSA) is 26.0 Å². The van der Waals surface area contributed by atoms with Crippen molar-refractivity contribution in [3.8, 4) is 0 Å². The Morgan fingerprint density at radius 3 is 2.36 bits per heavy atom. The summed E-state index contributed by atoms with van der Waals surface area (Å²) < 4.78 is 0. The summed E-state index contributed by atoms with van der Waals surface area (Å²) in [5.41, 5.74) is 14.5. The van der Waals surface area contributed by atoms with Crippen molar-refractivity contribution in [2.45, 2.75) is 40.5 Å². The summed E-state index contributed by atoms with van der Waals surface area (Å²) >= 11 is 0. The van der Waals surface area contributed by atoms with Crippen LogP contribution in [0.15, 0.2) is 84.5 Å². The van der Waals surface area contributed by atoms with Crippen LogP contribution in [-0.2, 0) is 6.42 Å². The normalized spacial score (nSPS) is 13.4. The van der Waals surface area contributed by atoms with E-state index in [1.807, 2.05) is 0 Å². The lowest BCUT2D eigenvalue weighted by Gasteiger charge is -2.09. The summed E-state index contributed by atoms with van der Waals surface area (Å²) in [6.45, 7) is 9.05. The van der Waals surface area contributed by atoms with Crippen LogP contribution >= 0.6 is 0 Å². The molecule has 2 aromatic carbocycles. The third-order valence-corrected chi connectivity index (χ3v) is 4.74. The molecular formula is C27H33N. The van der Waals surface area contributed by atoms with Crippen molar-refractivity contribution in [1.29, 1.82) is 0 Å². The largest absolute Gasteiger partial charge is 0.327 e. The molecule has 0 saturated carbocycles. The van der Waals surface area contributed by atoms with Gasteiger partial charge in [0.25, 0.3) is 0 Å². The molecule has 0 aliphatic carbocycles. The minimum atomic E-state index is 0.581. The highest BCUT2D eigenvalue weighted by molar-refractivity contribution is 5.80. The van der Waals surface area contributed by atoms with E-state index in [1.165, 1.54) is 39.0 Å². The Bertz CT molecular complexity index is 894. The number of aryl methyl sites for hydroxylation is 1. The third-order valence-electron chi connectivity index (χ3n) is 4.74. The van der Waals surface area contributed by atoms with Crippen molar-refractivity contribution in [1.82, 2.24) is 0 Å². The van der Waals surface area contributed by atoms with Crippen molar-refractivity contribution < 1.29 is 0 Å². The molecule has 0 aliphatic heterocycles. The van der Waals surface area contributed by atoms with Crippen LogP contribution in [0.3, 0.4) is 0 Å². The molecule has 2 N–H and O–H groups in total. The second kappa shape index (κ2) is 11.3. The molecule has 0 saturated heterocycles. The molecule has 1 nitrogen and oxygen atoms in total. The molecule has 0 radical (unpaired) electrons. The Balaban J connectivity index is 2.38. The summed E-state index contributed by atoms with van der Waals surface area (Å²) in [5.74, 6) is 0. The van der Waals surface area contributed by atoms with E-state index >= 15 is 0 Å². The van der Waals surface area contributed by atoms with Gasteiger partial charge in [0, 0.05) is 6.54 Å². The van der Waals surface area contributed by atoms with Crippen molar-refractivity contribution in [2.75, 3.05) is 6.54 Å². The number of hydrogen-bond donors (Lipinski definition) is 1. The van der Waals surface area contributed by atoms with Gasteiger partial charge >= 0.3 is 0 Å². The molecule has 0 atom stereocenters. The van der Waals surface area contributed by atoms with Crippen LogP contribution in [0.5, 0.6) is 0 Å². The molecule has 1 heteroatoms. The number of benzene rings is 2. The van der Waals surface area contributed by atoms with Crippen LogP contribution in [0.1, 0.15) is 49.4 Å². The van der Waals surface area contributed by atoms with Crippen LogP contribution < -0.4 is 5.73 Å². The highest BCUT2D eigenvalue weighted by Crippen LogP contribution is 2.24. The Hall–Kier alpha value is -2.64. The second-order valence-electron chi connectivity index (χ2n) is 7.18. The van der Waals surface area contributed by atoms with E-state index in [9.17, 15) is 0 Å². The average molecular weight is 372 g/mol. The first-order chi connectivity index (χ1) is 13.6. The van der Waals surface area contributed by atoms with Gasteiger partial charge in [-0.25, -0.2) is 0 Å². The number of rotatable bonds is 8. The smallest absolute Gasteiger partial charge is 0.0137 e. The number of allylic oxidation sites excluding steroid dienone is 7. The predicted molar refractivity (Wildman–Crippen MR) is 125 cm³/mol. The van der Waals surface area contributed by atoms with Crippen molar-refractivity contribution >= 4 is 11.1 Å². The SMILES string of the molecule is C/C=C(\C=C(/C)CN)c1cccc(C(/C=C\CC)=C/Cc2cccc(C)c2)c1. The quantitative estimate of drug-likeness (QED) is 0.502. The number of nitrogens with two attached hydrogens (primary N) is 1. The molecule has 2 aromatic rings. The number of hydrogen-bond acceptors (Lipinski definition) is 1. The summed E-state index contributed by atoms with van der Waals surface area (Å²) in [6, 6.07) is 17.5. The summed E-state index contributed by atoms with van der Waals surface area (Å²) in [5, 5.41) is 0. The van der Waals surface area contributed by atoms with Gasteiger partial charge in [0.1, 0.15) is 0 Å². The standard InChI is InChI=1S/C27H33N/c1-5-7-12-25(16-15-23-11-8-10-21(3)17-23)27-14-9-13-26(19-27)24(6-2)18-22(4)20-28/h6-14,16-19H,5,15,20,28H2,1-4H3/b12-7-,22-18+,24-6+,25-16+. The van der Waals surface area contributed by atoms with Gasteiger partial charge in [0.2, 0.25) is 0 Å². The third kappa shape index (κ3) is 6.51. The fourth-order valence-corrected chi connectivity index (χ4v) is 3.13. The first kappa shape index (κ1) is 21.7. The zero-order chi connectivity index (χ0) is 20.4. The molecule has 0 aromatic heterocycles. The first-order valence-corrected chi connectivity index (χ1v) is 10.1. The highest BCUT2D eigenvalue weighted by atomic mass is 14.5. The maximum absolute atomic E-state index is 5.78. The molecule has 0 bridgehead atoms. The molecule has 28 heavy (non-hydrogen) atoms. The lowest BCUT2D eigenvalue weighted by atomic mass is 9.96. The lowest BCUT2D eigenvalue weighted by molar-refractivity contribution is 1.14. The van der Waals surface area contributed by atoms with Crippen LogP contribution in [-0.4, -0.2) is 6.54 Å². The van der Waals surface area contributed by atoms with Crippen molar-refractivity contribution in [3.63, 3.8) is 0 Å². The summed E-state index contributed by atoms with van der Waals surface area (Å²) in [7, 11) is 0. The van der Waals surface area contributed by atoms with E-state index in [0.29, 0.717) is 6.54 Å². The molecule has 0 spiro atoms. The van der Waals surface area contributed by atoms with E-state index < -0.39 is 0 Å². The van der Waals surface area contributed by atoms with Crippen LogP contribution in [0.2, 0.25) is 0 Å². The molecule has 0 amide bonds. The zero-order valence-corrected chi connectivity index (χ0v) is 17.7. The Morgan fingerprint density at radius 1 is 1.00 bits per heavy atom. The van der Waals surface area contributed by atoms with E-state index in [4.69, 9.17) is 5.73 Å². The monoisotopic (exact) mass is 371 g/mol. The maximum atomic E-state index is 5.78.